The van der Waals surface area contributed by atoms with E-state index in [1.54, 1.807) is 4.57 Å². The van der Waals surface area contributed by atoms with Gasteiger partial charge in [-0.3, -0.25) is 13.9 Å². The van der Waals surface area contributed by atoms with Crippen LogP contribution in [-0.4, -0.2) is 56.6 Å². The molecule has 1 aliphatic rings. The van der Waals surface area contributed by atoms with Gasteiger partial charge < -0.3 is 24.5 Å². The Balaban J connectivity index is 1.38. The average Bonchev–Trinajstić information content (AvgIpc) is 3.50. The number of carbonyl (C=O) groups is 2. The Kier molecular flexibility index (Phi) is 9.08. The van der Waals surface area contributed by atoms with Crippen molar-refractivity contribution in [3.05, 3.63) is 47.5 Å². The number of fused-ring (bicyclic) bond motifs is 1. The second kappa shape index (κ2) is 12.3. The lowest BCUT2D eigenvalue weighted by molar-refractivity contribution is -0.146. The van der Waals surface area contributed by atoms with Crippen LogP contribution in [0.15, 0.2) is 36.7 Å². The second-order valence-electron chi connectivity index (χ2n) is 8.82. The van der Waals surface area contributed by atoms with Gasteiger partial charge in [0.05, 0.1) is 18.8 Å². The molecular formula is C23H29ClN7O6P. The number of nitrogens with one attached hydrogen (secondary N) is 2. The maximum absolute atomic E-state index is 13.6. The molecule has 3 aromatic rings. The Bertz CT molecular complexity index is 1330. The van der Waals surface area contributed by atoms with Gasteiger partial charge in [-0.25, -0.2) is 25.1 Å². The number of ether oxygens (including phenoxy) is 2. The van der Waals surface area contributed by atoms with Crippen LogP contribution in [0.2, 0.25) is 5.28 Å². The summed E-state index contributed by atoms with van der Waals surface area (Å²) in [5.74, 6) is -0.425. The van der Waals surface area contributed by atoms with Gasteiger partial charge in [-0.1, -0.05) is 30.3 Å². The van der Waals surface area contributed by atoms with E-state index in [0.29, 0.717) is 30.3 Å². The summed E-state index contributed by atoms with van der Waals surface area (Å²) >= 11 is 6.32. The number of hydrogen-bond donors (Lipinski definition) is 3. The first-order chi connectivity index (χ1) is 18.2. The first-order valence-electron chi connectivity index (χ1n) is 11.9. The minimum Gasteiger partial charge on any atom is -0.460 e. The minimum absolute atomic E-state index is 0.0639. The molecule has 204 valence electrons. The number of aromatic nitrogens is 4. The molecule has 1 saturated heterocycles. The predicted molar refractivity (Wildman–Crippen MR) is 139 cm³/mol. The number of hydrogen-bond acceptors (Lipinski definition) is 10. The highest BCUT2D eigenvalue weighted by molar-refractivity contribution is 7.54. The predicted octanol–water partition coefficient (Wildman–Crippen LogP) is 2.76. The summed E-state index contributed by atoms with van der Waals surface area (Å²) in [5, 5.41) is 5.44. The van der Waals surface area contributed by atoms with Crippen molar-refractivity contribution in [1.82, 2.24) is 29.7 Å². The van der Waals surface area contributed by atoms with E-state index < -0.39 is 38.1 Å². The maximum Gasteiger partial charge on any atom is 0.342 e. The number of esters is 1. The zero-order chi connectivity index (χ0) is 27.3. The molecule has 1 aromatic carbocycles. The molecule has 0 amide bonds. The van der Waals surface area contributed by atoms with Gasteiger partial charge >= 0.3 is 13.6 Å². The van der Waals surface area contributed by atoms with Crippen LogP contribution in [0, 0.1) is 0 Å². The molecule has 3 heterocycles. The molecular weight excluding hydrogens is 537 g/mol. The van der Waals surface area contributed by atoms with Gasteiger partial charge in [0.2, 0.25) is 5.28 Å². The largest absolute Gasteiger partial charge is 0.460 e. The number of nitrogen functional groups attached to an aromatic ring is 1. The monoisotopic (exact) mass is 565 g/mol. The summed E-state index contributed by atoms with van der Waals surface area (Å²) in [6, 6.07) is 7.37. The van der Waals surface area contributed by atoms with Crippen LogP contribution >= 0.6 is 19.3 Å². The summed E-state index contributed by atoms with van der Waals surface area (Å²) in [6.45, 7) is 2.99. The number of halogens is 1. The second-order valence-corrected chi connectivity index (χ2v) is 11.0. The van der Waals surface area contributed by atoms with E-state index in [0.717, 1.165) is 5.56 Å². The summed E-state index contributed by atoms with van der Waals surface area (Å²) in [4.78, 5) is 36.1. The molecule has 4 unspecified atom stereocenters. The lowest BCUT2D eigenvalue weighted by atomic mass is 10.2. The van der Waals surface area contributed by atoms with Crippen molar-refractivity contribution in [2.24, 2.45) is 0 Å². The van der Waals surface area contributed by atoms with Crippen molar-refractivity contribution in [3.63, 3.8) is 0 Å². The molecule has 0 radical (unpaired) electrons. The molecule has 5 atom stereocenters. The molecule has 1 fully saturated rings. The van der Waals surface area contributed by atoms with Crippen LogP contribution in [0.25, 0.3) is 11.2 Å². The van der Waals surface area contributed by atoms with Crippen molar-refractivity contribution in [3.8, 4) is 0 Å². The van der Waals surface area contributed by atoms with E-state index in [-0.39, 0.29) is 24.3 Å². The summed E-state index contributed by atoms with van der Waals surface area (Å²) in [5.41, 5.74) is 7.49. The first kappa shape index (κ1) is 28.1. The van der Waals surface area contributed by atoms with Crippen LogP contribution in [0.4, 0.5) is 5.82 Å². The highest BCUT2D eigenvalue weighted by atomic mass is 35.5. The molecule has 15 heteroatoms. The molecule has 0 spiro atoms. The molecule has 13 nitrogen and oxygen atoms in total. The van der Waals surface area contributed by atoms with Crippen molar-refractivity contribution < 1.29 is 28.2 Å². The summed E-state index contributed by atoms with van der Waals surface area (Å²) < 4.78 is 32.3. The van der Waals surface area contributed by atoms with Crippen LogP contribution in [-0.2, 0) is 34.8 Å². The van der Waals surface area contributed by atoms with Crippen molar-refractivity contribution in [2.75, 3.05) is 12.3 Å². The van der Waals surface area contributed by atoms with Crippen LogP contribution < -0.4 is 15.9 Å². The summed E-state index contributed by atoms with van der Waals surface area (Å²) in [7, 11) is -3.88. The van der Waals surface area contributed by atoms with E-state index in [2.05, 4.69) is 25.1 Å². The highest BCUT2D eigenvalue weighted by Crippen LogP contribution is 2.41. The highest BCUT2D eigenvalue weighted by Gasteiger charge is 2.35. The zero-order valence-corrected chi connectivity index (χ0v) is 22.5. The third-order valence-electron chi connectivity index (χ3n) is 5.80. The molecule has 38 heavy (non-hydrogen) atoms. The number of nitrogens with zero attached hydrogens (tertiary/aromatic N) is 4. The molecule has 2 aromatic heterocycles. The van der Waals surface area contributed by atoms with Gasteiger partial charge in [-0.05, 0) is 43.9 Å². The average molecular weight is 566 g/mol. The maximum atomic E-state index is 13.6. The summed E-state index contributed by atoms with van der Waals surface area (Å²) in [6.07, 6.45) is 2.04. The van der Waals surface area contributed by atoms with Gasteiger partial charge in [0.25, 0.3) is 0 Å². The molecule has 4 N–H and O–H groups in total. The third-order valence-corrected chi connectivity index (χ3v) is 8.05. The van der Waals surface area contributed by atoms with Gasteiger partial charge in [-0.15, -0.1) is 0 Å². The Labute approximate surface area is 224 Å². The topological polar surface area (TPSA) is 173 Å². The zero-order valence-electron chi connectivity index (χ0n) is 20.8. The normalized spacial score (nSPS) is 20.6. The lowest BCUT2D eigenvalue weighted by Crippen LogP contribution is -2.40. The van der Waals surface area contributed by atoms with E-state index in [9.17, 15) is 14.2 Å². The van der Waals surface area contributed by atoms with E-state index >= 15 is 0 Å². The quantitative estimate of drug-likeness (QED) is 0.127. The molecule has 0 saturated carbocycles. The van der Waals surface area contributed by atoms with Crippen molar-refractivity contribution in [2.45, 2.75) is 57.7 Å². The standard InChI is InChI=1S/C23H29ClN7O6P/c1-14(10-32)29-38(34,30-15(2)22(33)35-11-16-6-4-3-5-7-16)36-12-17-8-9-18(37-17)31-21-19(28-23(31)24)20(25)26-13-27-21/h3-7,10,13-15,17-18H,8-9,11-12H2,1-2H3,(H2,25,26,27)(H2,29,30,34)/t14?,15-,17?,18?,38?/m0/s1. The SMILES string of the molecule is CC(C=O)NP(=O)(N[C@@H](C)C(=O)OCc1ccccc1)OCC1CCC(n2c(Cl)nc3c(N)ncnc32)O1. The Morgan fingerprint density at radius 2 is 2.05 bits per heavy atom. The number of rotatable bonds is 12. The first-order valence-corrected chi connectivity index (χ1v) is 13.9. The van der Waals surface area contributed by atoms with E-state index in [4.69, 9.17) is 31.3 Å². The van der Waals surface area contributed by atoms with Gasteiger partial charge in [-0.2, -0.15) is 0 Å². The Morgan fingerprint density at radius 3 is 2.79 bits per heavy atom. The van der Waals surface area contributed by atoms with Gasteiger partial charge in [0, 0.05) is 0 Å². The number of nitrogens with two attached hydrogens (primary N) is 1. The number of benzene rings is 1. The smallest absolute Gasteiger partial charge is 0.342 e. The number of carbonyl (C=O) groups excluding carboxylic acids is 2. The molecule has 4 rings (SSSR count). The third kappa shape index (κ3) is 6.73. The van der Waals surface area contributed by atoms with Crippen molar-refractivity contribution >= 4 is 48.5 Å². The van der Waals surface area contributed by atoms with Crippen LogP contribution in [0.1, 0.15) is 38.5 Å². The van der Waals surface area contributed by atoms with E-state index in [1.807, 2.05) is 30.3 Å². The fourth-order valence-electron chi connectivity index (χ4n) is 3.91. The molecule has 1 aliphatic heterocycles. The molecule has 0 aliphatic carbocycles. The number of anilines is 1. The van der Waals surface area contributed by atoms with Gasteiger partial charge in [0.1, 0.15) is 31.5 Å². The van der Waals surface area contributed by atoms with Crippen molar-refractivity contribution in [1.29, 1.82) is 0 Å². The molecule has 0 bridgehead atoms. The fourth-order valence-corrected chi connectivity index (χ4v) is 6.00. The Hall–Kier alpha value is -2.93. The Morgan fingerprint density at radius 1 is 1.29 bits per heavy atom. The number of imidazole rings is 1. The van der Waals surface area contributed by atoms with Gasteiger partial charge in [0.15, 0.2) is 17.0 Å². The van der Waals surface area contributed by atoms with Crippen LogP contribution in [0.3, 0.4) is 0 Å². The lowest BCUT2D eigenvalue weighted by Gasteiger charge is -2.26. The van der Waals surface area contributed by atoms with E-state index in [1.165, 1.54) is 20.2 Å². The fraction of sp³-hybridized carbons (Fsp3) is 0.435. The van der Waals surface area contributed by atoms with Crippen LogP contribution in [0.5, 0.6) is 0 Å². The minimum atomic E-state index is -3.88. The number of aldehydes is 1.